The van der Waals surface area contributed by atoms with Crippen LogP contribution >= 0.6 is 0 Å². The summed E-state index contributed by atoms with van der Waals surface area (Å²) in [6, 6.07) is 12.1. The fourth-order valence-electron chi connectivity index (χ4n) is 5.75. The molecule has 3 nitrogen and oxygen atoms in total. The summed E-state index contributed by atoms with van der Waals surface area (Å²) >= 11 is 0. The zero-order chi connectivity index (χ0) is 21.6. The van der Waals surface area contributed by atoms with Gasteiger partial charge in [0, 0.05) is 12.3 Å². The van der Waals surface area contributed by atoms with Crippen LogP contribution in [0.4, 0.5) is 8.78 Å². The summed E-state index contributed by atoms with van der Waals surface area (Å²) in [7, 11) is 0. The van der Waals surface area contributed by atoms with Gasteiger partial charge in [-0.15, -0.1) is 0 Å². The Bertz CT molecular complexity index is 1010. The fourth-order valence-corrected chi connectivity index (χ4v) is 5.75. The lowest BCUT2D eigenvalue weighted by molar-refractivity contribution is -0.323. The van der Waals surface area contributed by atoms with Crippen molar-refractivity contribution in [2.24, 2.45) is 11.3 Å². The van der Waals surface area contributed by atoms with Gasteiger partial charge in [0.15, 0.2) is 11.6 Å². The molecule has 0 bridgehead atoms. The maximum atomic E-state index is 13.8. The van der Waals surface area contributed by atoms with Crippen molar-refractivity contribution in [3.63, 3.8) is 0 Å². The number of rotatable bonds is 2. The summed E-state index contributed by atoms with van der Waals surface area (Å²) in [5, 5.41) is 11.3. The minimum Gasteiger partial charge on any atom is -0.365 e. The van der Waals surface area contributed by atoms with Crippen molar-refractivity contribution in [1.82, 2.24) is 0 Å². The number of benzene rings is 2. The van der Waals surface area contributed by atoms with E-state index in [1.807, 2.05) is 6.08 Å². The zero-order valence-corrected chi connectivity index (χ0v) is 17.3. The second kappa shape index (κ2) is 7.64. The van der Waals surface area contributed by atoms with E-state index in [2.05, 4.69) is 0 Å². The number of carbonyl (C=O) groups is 1. The van der Waals surface area contributed by atoms with Crippen LogP contribution in [0.2, 0.25) is 0 Å². The lowest BCUT2D eigenvalue weighted by Crippen LogP contribution is -2.55. The van der Waals surface area contributed by atoms with Gasteiger partial charge in [-0.05, 0) is 79.1 Å². The molecule has 1 spiro atoms. The summed E-state index contributed by atoms with van der Waals surface area (Å²) in [4.78, 5) is 13.8. The Hall–Kier alpha value is -2.37. The van der Waals surface area contributed by atoms with Gasteiger partial charge in [0.25, 0.3) is 0 Å². The SMILES string of the molecule is O=C1/C(=C/c2ccc(F)cc2)CC[C@@]12C[C@@H]1CCCC[C@]1(O)O[C@@H]2c1ccc(F)cc1. The van der Waals surface area contributed by atoms with Gasteiger partial charge >= 0.3 is 0 Å². The van der Waals surface area contributed by atoms with E-state index in [0.29, 0.717) is 31.3 Å². The van der Waals surface area contributed by atoms with Crippen LogP contribution in [0.1, 0.15) is 62.2 Å². The quantitative estimate of drug-likeness (QED) is 0.626. The number of allylic oxidation sites excluding steroid dienone is 1. The molecule has 2 saturated carbocycles. The van der Waals surface area contributed by atoms with Gasteiger partial charge in [0.05, 0.1) is 11.5 Å². The Labute approximate surface area is 180 Å². The Morgan fingerprint density at radius 2 is 1.65 bits per heavy atom. The third-order valence-corrected chi connectivity index (χ3v) is 7.38. The molecule has 2 aromatic rings. The maximum Gasteiger partial charge on any atom is 0.169 e. The smallest absolute Gasteiger partial charge is 0.169 e. The average Bonchev–Trinajstić information content (AvgIpc) is 3.06. The molecule has 162 valence electrons. The zero-order valence-electron chi connectivity index (χ0n) is 17.3. The van der Waals surface area contributed by atoms with E-state index in [0.717, 1.165) is 30.4 Å². The number of fused-ring (bicyclic) bond motifs is 1. The second-order valence-corrected chi connectivity index (χ2v) is 9.25. The molecule has 0 amide bonds. The molecule has 2 aliphatic carbocycles. The van der Waals surface area contributed by atoms with E-state index in [9.17, 15) is 18.7 Å². The third-order valence-electron chi connectivity index (χ3n) is 7.38. The maximum absolute atomic E-state index is 13.8. The van der Waals surface area contributed by atoms with E-state index in [1.54, 1.807) is 24.3 Å². The summed E-state index contributed by atoms with van der Waals surface area (Å²) in [6.07, 6.45) is 6.27. The van der Waals surface area contributed by atoms with E-state index < -0.39 is 17.3 Å². The monoisotopic (exact) mass is 424 g/mol. The van der Waals surface area contributed by atoms with Crippen LogP contribution in [0, 0.1) is 23.0 Å². The van der Waals surface area contributed by atoms with Gasteiger partial charge in [-0.3, -0.25) is 4.79 Å². The van der Waals surface area contributed by atoms with Crippen LogP contribution in [-0.2, 0) is 9.53 Å². The van der Waals surface area contributed by atoms with Crippen LogP contribution in [-0.4, -0.2) is 16.7 Å². The molecule has 1 N–H and O–H groups in total. The molecule has 0 unspecified atom stereocenters. The number of carbonyl (C=O) groups excluding carboxylic acids is 1. The molecule has 5 rings (SSSR count). The second-order valence-electron chi connectivity index (χ2n) is 9.25. The van der Waals surface area contributed by atoms with Gasteiger partial charge in [-0.2, -0.15) is 0 Å². The predicted octanol–water partition coefficient (Wildman–Crippen LogP) is 5.74. The number of ketones is 1. The lowest BCUT2D eigenvalue weighted by Gasteiger charge is -2.53. The molecule has 1 heterocycles. The minimum atomic E-state index is -1.24. The molecule has 2 aromatic carbocycles. The Kier molecular flexibility index (Phi) is 5.06. The van der Waals surface area contributed by atoms with Gasteiger partial charge in [-0.25, -0.2) is 8.78 Å². The van der Waals surface area contributed by atoms with Crippen LogP contribution in [0.3, 0.4) is 0 Å². The van der Waals surface area contributed by atoms with Crippen molar-refractivity contribution in [2.45, 2.75) is 56.8 Å². The summed E-state index contributed by atoms with van der Waals surface area (Å²) in [6.45, 7) is 0. The van der Waals surface area contributed by atoms with Crippen LogP contribution in [0.5, 0.6) is 0 Å². The predicted molar refractivity (Wildman–Crippen MR) is 113 cm³/mol. The van der Waals surface area contributed by atoms with Gasteiger partial charge in [-0.1, -0.05) is 30.7 Å². The standard InChI is InChI=1S/C26H26F2O3/c27-21-8-4-17(5-9-21)15-19-12-14-25(23(19)29)16-20-3-1-2-13-26(20,30)31-24(25)18-6-10-22(28)11-7-18/h4-11,15,20,24,30H,1-3,12-14,16H2/b19-15+/t20-,24+,25+,26-/m0/s1. The molecular formula is C26H26F2O3. The number of hydrogen-bond acceptors (Lipinski definition) is 3. The Morgan fingerprint density at radius 3 is 2.35 bits per heavy atom. The first-order chi connectivity index (χ1) is 14.9. The molecule has 1 saturated heterocycles. The Morgan fingerprint density at radius 1 is 0.968 bits per heavy atom. The summed E-state index contributed by atoms with van der Waals surface area (Å²) < 4.78 is 33.2. The number of hydrogen-bond donors (Lipinski definition) is 1. The Balaban J connectivity index is 1.54. The first-order valence-corrected chi connectivity index (χ1v) is 11.1. The molecule has 3 fully saturated rings. The molecule has 31 heavy (non-hydrogen) atoms. The molecule has 0 radical (unpaired) electrons. The molecule has 0 aromatic heterocycles. The number of halogens is 2. The third kappa shape index (κ3) is 3.54. The highest BCUT2D eigenvalue weighted by atomic mass is 19.1. The highest BCUT2D eigenvalue weighted by Crippen LogP contribution is 2.60. The first kappa shape index (κ1) is 20.5. The number of aliphatic hydroxyl groups is 1. The molecular weight excluding hydrogens is 398 g/mol. The highest BCUT2D eigenvalue weighted by Gasteiger charge is 2.61. The number of Topliss-reactive ketones (excluding diaryl/α,β-unsaturated/α-hetero) is 1. The molecule has 1 aliphatic heterocycles. The van der Waals surface area contributed by atoms with Crippen molar-refractivity contribution in [2.75, 3.05) is 0 Å². The highest BCUT2D eigenvalue weighted by molar-refractivity contribution is 6.06. The summed E-state index contributed by atoms with van der Waals surface area (Å²) in [5.74, 6) is -1.97. The minimum absolute atomic E-state index is 0.0266. The van der Waals surface area contributed by atoms with E-state index in [4.69, 9.17) is 4.74 Å². The molecule has 3 aliphatic rings. The van der Waals surface area contributed by atoms with E-state index >= 15 is 0 Å². The topological polar surface area (TPSA) is 46.5 Å². The van der Waals surface area contributed by atoms with Crippen LogP contribution in [0.25, 0.3) is 6.08 Å². The van der Waals surface area contributed by atoms with E-state index in [1.165, 1.54) is 24.3 Å². The van der Waals surface area contributed by atoms with Crippen molar-refractivity contribution >= 4 is 11.9 Å². The van der Waals surface area contributed by atoms with Crippen molar-refractivity contribution < 1.29 is 23.4 Å². The van der Waals surface area contributed by atoms with Gasteiger partial charge in [0.2, 0.25) is 0 Å². The van der Waals surface area contributed by atoms with Crippen molar-refractivity contribution in [1.29, 1.82) is 0 Å². The summed E-state index contributed by atoms with van der Waals surface area (Å²) in [5.41, 5.74) is 1.42. The van der Waals surface area contributed by atoms with Gasteiger partial charge in [0.1, 0.15) is 11.6 Å². The fraction of sp³-hybridized carbons (Fsp3) is 0.423. The van der Waals surface area contributed by atoms with Gasteiger partial charge < -0.3 is 9.84 Å². The number of ether oxygens (including phenoxy) is 1. The van der Waals surface area contributed by atoms with Crippen LogP contribution < -0.4 is 0 Å². The van der Waals surface area contributed by atoms with E-state index in [-0.39, 0.29) is 23.3 Å². The molecule has 5 heteroatoms. The average molecular weight is 424 g/mol. The first-order valence-electron chi connectivity index (χ1n) is 11.1. The largest absolute Gasteiger partial charge is 0.365 e. The van der Waals surface area contributed by atoms with Crippen molar-refractivity contribution in [3.8, 4) is 0 Å². The van der Waals surface area contributed by atoms with Crippen LogP contribution in [0.15, 0.2) is 54.1 Å². The normalized spacial score (nSPS) is 34.3. The lowest BCUT2D eigenvalue weighted by atomic mass is 9.63. The van der Waals surface area contributed by atoms with Crippen molar-refractivity contribution in [3.05, 3.63) is 76.9 Å². The molecule has 4 atom stereocenters.